The van der Waals surface area contributed by atoms with Crippen LogP contribution in [0.3, 0.4) is 0 Å². The number of fused-ring (bicyclic) bond motifs is 1. The van der Waals surface area contributed by atoms with Crippen molar-refractivity contribution in [3.05, 3.63) is 23.4 Å². The fourth-order valence-electron chi connectivity index (χ4n) is 1.81. The number of ether oxygens (including phenoxy) is 1. The van der Waals surface area contributed by atoms with E-state index in [9.17, 15) is 4.79 Å². The summed E-state index contributed by atoms with van der Waals surface area (Å²) < 4.78 is 4.70. The molecule has 0 spiro atoms. The molecular weight excluding hydrogens is 192 g/mol. The van der Waals surface area contributed by atoms with Crippen LogP contribution in [0, 0.1) is 6.92 Å². The highest BCUT2D eigenvalue weighted by molar-refractivity contribution is 5.79. The Labute approximate surface area is 88.7 Å². The Hall–Kier alpha value is -1.58. The van der Waals surface area contributed by atoms with Gasteiger partial charge in [-0.25, -0.2) is 9.78 Å². The van der Waals surface area contributed by atoms with Crippen molar-refractivity contribution in [3.8, 4) is 0 Å². The molecular formula is C11H14N2O2. The Morgan fingerprint density at radius 2 is 2.47 bits per heavy atom. The molecule has 1 aromatic rings. The van der Waals surface area contributed by atoms with E-state index in [1.165, 1.54) is 12.7 Å². The highest BCUT2D eigenvalue weighted by Gasteiger charge is 2.24. The number of esters is 1. The van der Waals surface area contributed by atoms with Gasteiger partial charge in [0, 0.05) is 6.20 Å². The lowest BCUT2D eigenvalue weighted by molar-refractivity contribution is -0.141. The molecule has 1 aromatic heterocycles. The normalized spacial score (nSPS) is 18.9. The highest BCUT2D eigenvalue weighted by Crippen LogP contribution is 2.23. The summed E-state index contributed by atoms with van der Waals surface area (Å²) in [6.45, 7) is 2.01. The molecule has 2 heterocycles. The van der Waals surface area contributed by atoms with Gasteiger partial charge in [-0.1, -0.05) is 6.07 Å². The monoisotopic (exact) mass is 206 g/mol. The number of aromatic nitrogens is 1. The lowest BCUT2D eigenvalue weighted by Crippen LogP contribution is -2.34. The average molecular weight is 206 g/mol. The molecule has 15 heavy (non-hydrogen) atoms. The lowest BCUT2D eigenvalue weighted by Gasteiger charge is -2.24. The lowest BCUT2D eigenvalue weighted by atomic mass is 10.00. The zero-order chi connectivity index (χ0) is 10.8. The van der Waals surface area contributed by atoms with E-state index in [1.807, 2.05) is 6.92 Å². The first-order valence-corrected chi connectivity index (χ1v) is 5.00. The van der Waals surface area contributed by atoms with E-state index >= 15 is 0 Å². The van der Waals surface area contributed by atoms with Crippen molar-refractivity contribution in [2.24, 2.45) is 0 Å². The SMILES string of the molecule is COC(=O)C1CCc2cc(C)cnc2N1. The quantitative estimate of drug-likeness (QED) is 0.703. The fraction of sp³-hybridized carbons (Fsp3) is 0.455. The summed E-state index contributed by atoms with van der Waals surface area (Å²) in [5, 5.41) is 3.09. The van der Waals surface area contributed by atoms with Crippen molar-refractivity contribution in [1.29, 1.82) is 0 Å². The smallest absolute Gasteiger partial charge is 0.328 e. The standard InChI is InChI=1S/C11H14N2O2/c1-7-5-8-3-4-9(11(14)15-2)13-10(8)12-6-7/h5-6,9H,3-4H2,1-2H3,(H,12,13). The summed E-state index contributed by atoms with van der Waals surface area (Å²) >= 11 is 0. The van der Waals surface area contributed by atoms with Gasteiger partial charge in [-0.3, -0.25) is 0 Å². The van der Waals surface area contributed by atoms with Gasteiger partial charge in [0.2, 0.25) is 0 Å². The largest absolute Gasteiger partial charge is 0.467 e. The Morgan fingerprint density at radius 3 is 3.20 bits per heavy atom. The van der Waals surface area contributed by atoms with Crippen LogP contribution in [0.25, 0.3) is 0 Å². The summed E-state index contributed by atoms with van der Waals surface area (Å²) in [4.78, 5) is 15.6. The topological polar surface area (TPSA) is 51.2 Å². The molecule has 0 aromatic carbocycles. The maximum Gasteiger partial charge on any atom is 0.328 e. The number of nitrogens with one attached hydrogen (secondary N) is 1. The molecule has 1 unspecified atom stereocenters. The van der Waals surface area contributed by atoms with Gasteiger partial charge in [-0.15, -0.1) is 0 Å². The Kier molecular flexibility index (Phi) is 2.58. The zero-order valence-corrected chi connectivity index (χ0v) is 8.91. The van der Waals surface area contributed by atoms with Crippen LogP contribution in [0.4, 0.5) is 5.82 Å². The molecule has 0 saturated carbocycles. The maximum absolute atomic E-state index is 11.3. The van der Waals surface area contributed by atoms with Gasteiger partial charge < -0.3 is 10.1 Å². The molecule has 4 nitrogen and oxygen atoms in total. The molecule has 0 radical (unpaired) electrons. The molecule has 4 heteroatoms. The number of carbonyl (C=O) groups excluding carboxylic acids is 1. The number of hydrogen-bond donors (Lipinski definition) is 1. The second kappa shape index (κ2) is 3.88. The van der Waals surface area contributed by atoms with Gasteiger partial charge in [0.25, 0.3) is 0 Å². The Balaban J connectivity index is 2.20. The number of pyridine rings is 1. The van der Waals surface area contributed by atoms with Gasteiger partial charge in [0.15, 0.2) is 0 Å². The van der Waals surface area contributed by atoms with Gasteiger partial charge in [-0.2, -0.15) is 0 Å². The summed E-state index contributed by atoms with van der Waals surface area (Å²) in [6, 6.07) is 1.85. The van der Waals surface area contributed by atoms with Crippen molar-refractivity contribution >= 4 is 11.8 Å². The molecule has 0 fully saturated rings. The van der Waals surface area contributed by atoms with E-state index in [0.717, 1.165) is 24.2 Å². The molecule has 1 atom stereocenters. The van der Waals surface area contributed by atoms with E-state index in [1.54, 1.807) is 6.20 Å². The maximum atomic E-state index is 11.3. The first-order chi connectivity index (χ1) is 7.20. The first-order valence-electron chi connectivity index (χ1n) is 5.00. The van der Waals surface area contributed by atoms with Crippen molar-refractivity contribution in [1.82, 2.24) is 4.98 Å². The minimum absolute atomic E-state index is 0.219. The molecule has 1 aliphatic heterocycles. The van der Waals surface area contributed by atoms with Crippen LogP contribution in [-0.2, 0) is 16.0 Å². The molecule has 0 bridgehead atoms. The van der Waals surface area contributed by atoms with E-state index < -0.39 is 0 Å². The number of hydrogen-bond acceptors (Lipinski definition) is 4. The predicted molar refractivity (Wildman–Crippen MR) is 56.7 cm³/mol. The highest BCUT2D eigenvalue weighted by atomic mass is 16.5. The molecule has 80 valence electrons. The number of rotatable bonds is 1. The van der Waals surface area contributed by atoms with E-state index in [0.29, 0.717) is 0 Å². The van der Waals surface area contributed by atoms with Crippen LogP contribution in [0.15, 0.2) is 12.3 Å². The number of methoxy groups -OCH3 is 1. The molecule has 0 amide bonds. The van der Waals surface area contributed by atoms with Crippen molar-refractivity contribution in [3.63, 3.8) is 0 Å². The fourth-order valence-corrected chi connectivity index (χ4v) is 1.81. The molecule has 1 aliphatic rings. The third kappa shape index (κ3) is 1.93. The summed E-state index contributed by atoms with van der Waals surface area (Å²) in [5.74, 6) is 0.588. The van der Waals surface area contributed by atoms with Gasteiger partial charge in [0.1, 0.15) is 11.9 Å². The van der Waals surface area contributed by atoms with Crippen LogP contribution in [0.1, 0.15) is 17.5 Å². The van der Waals surface area contributed by atoms with Crippen molar-refractivity contribution in [2.45, 2.75) is 25.8 Å². The number of anilines is 1. The van der Waals surface area contributed by atoms with Crippen LogP contribution >= 0.6 is 0 Å². The average Bonchev–Trinajstić information content (AvgIpc) is 2.27. The molecule has 0 aliphatic carbocycles. The van der Waals surface area contributed by atoms with Crippen LogP contribution < -0.4 is 5.32 Å². The summed E-state index contributed by atoms with van der Waals surface area (Å²) in [6.07, 6.45) is 3.44. The van der Waals surface area contributed by atoms with E-state index in [-0.39, 0.29) is 12.0 Å². The minimum Gasteiger partial charge on any atom is -0.467 e. The first kappa shape index (κ1) is 9.96. The summed E-state index contributed by atoms with van der Waals surface area (Å²) in [5.41, 5.74) is 2.32. The van der Waals surface area contributed by atoms with Gasteiger partial charge in [-0.05, 0) is 30.9 Å². The minimum atomic E-state index is -0.252. The number of aryl methyl sites for hydroxylation is 2. The van der Waals surface area contributed by atoms with Crippen LogP contribution in [0.5, 0.6) is 0 Å². The van der Waals surface area contributed by atoms with Gasteiger partial charge >= 0.3 is 5.97 Å². The third-order valence-electron chi connectivity index (χ3n) is 2.60. The van der Waals surface area contributed by atoms with Crippen LogP contribution in [-0.4, -0.2) is 24.1 Å². The van der Waals surface area contributed by atoms with Crippen molar-refractivity contribution < 1.29 is 9.53 Å². The molecule has 0 saturated heterocycles. The second-order valence-electron chi connectivity index (χ2n) is 3.78. The van der Waals surface area contributed by atoms with Crippen LogP contribution in [0.2, 0.25) is 0 Å². The van der Waals surface area contributed by atoms with E-state index in [2.05, 4.69) is 16.4 Å². The zero-order valence-electron chi connectivity index (χ0n) is 8.91. The Morgan fingerprint density at radius 1 is 1.67 bits per heavy atom. The Bertz CT molecular complexity index is 390. The predicted octanol–water partition coefficient (Wildman–Crippen LogP) is 1.29. The third-order valence-corrected chi connectivity index (χ3v) is 2.60. The number of carbonyl (C=O) groups is 1. The van der Waals surface area contributed by atoms with Gasteiger partial charge in [0.05, 0.1) is 7.11 Å². The molecule has 2 rings (SSSR count). The summed E-state index contributed by atoms with van der Waals surface area (Å²) in [7, 11) is 1.40. The molecule has 1 N–H and O–H groups in total. The number of nitrogens with zero attached hydrogens (tertiary/aromatic N) is 1. The second-order valence-corrected chi connectivity index (χ2v) is 3.78. The van der Waals surface area contributed by atoms with Crippen molar-refractivity contribution in [2.75, 3.05) is 12.4 Å². The van der Waals surface area contributed by atoms with E-state index in [4.69, 9.17) is 4.74 Å².